The molecule has 5 heteroatoms. The lowest BCUT2D eigenvalue weighted by Crippen LogP contribution is -2.04. The number of anilines is 1. The Bertz CT molecular complexity index is 1020. The number of aromatic nitrogens is 3. The lowest BCUT2D eigenvalue weighted by atomic mass is 10.2. The van der Waals surface area contributed by atoms with Crippen LogP contribution in [-0.4, -0.2) is 14.8 Å². The molecule has 0 amide bonds. The summed E-state index contributed by atoms with van der Waals surface area (Å²) >= 11 is 0. The summed E-state index contributed by atoms with van der Waals surface area (Å²) in [7, 11) is 0. The van der Waals surface area contributed by atoms with Crippen LogP contribution in [0.3, 0.4) is 0 Å². The molecule has 0 unspecified atom stereocenters. The van der Waals surface area contributed by atoms with Crippen LogP contribution in [0.25, 0.3) is 16.7 Å². The second-order valence-electron chi connectivity index (χ2n) is 5.89. The Hall–Kier alpha value is -3.34. The normalized spacial score (nSPS) is 10.9. The summed E-state index contributed by atoms with van der Waals surface area (Å²) in [6.07, 6.45) is 0. The highest BCUT2D eigenvalue weighted by Crippen LogP contribution is 2.26. The lowest BCUT2D eigenvalue weighted by molar-refractivity contribution is 0.309. The van der Waals surface area contributed by atoms with Gasteiger partial charge in [0.15, 0.2) is 5.82 Å². The van der Waals surface area contributed by atoms with Crippen molar-refractivity contribution in [2.75, 3.05) is 5.73 Å². The molecule has 0 radical (unpaired) electrons. The first-order chi connectivity index (χ1) is 12.2. The number of benzene rings is 2. The number of nitrogen functional groups attached to an aromatic ring is 1. The van der Waals surface area contributed by atoms with Gasteiger partial charge in [-0.15, -0.1) is 0 Å². The molecule has 4 rings (SSSR count). The molecule has 5 nitrogen and oxygen atoms in total. The van der Waals surface area contributed by atoms with Crippen LogP contribution in [0.4, 0.5) is 5.82 Å². The molecule has 124 valence electrons. The minimum Gasteiger partial charge on any atom is -0.487 e. The maximum Gasteiger partial charge on any atom is 0.156 e. The van der Waals surface area contributed by atoms with Gasteiger partial charge in [0.05, 0.1) is 5.69 Å². The molecule has 0 aliphatic heterocycles. The van der Waals surface area contributed by atoms with E-state index in [2.05, 4.69) is 5.10 Å². The fourth-order valence-electron chi connectivity index (χ4n) is 2.78. The topological polar surface area (TPSA) is 66.0 Å². The zero-order valence-electron chi connectivity index (χ0n) is 13.9. The quantitative estimate of drug-likeness (QED) is 0.616. The van der Waals surface area contributed by atoms with Crippen molar-refractivity contribution in [2.24, 2.45) is 0 Å². The third-order valence-electron chi connectivity index (χ3n) is 3.98. The van der Waals surface area contributed by atoms with Gasteiger partial charge in [0.25, 0.3) is 0 Å². The zero-order chi connectivity index (χ0) is 17.2. The maximum absolute atomic E-state index is 6.02. The predicted octanol–water partition coefficient (Wildman–Crippen LogP) is 3.89. The Labute approximate surface area is 145 Å². The van der Waals surface area contributed by atoms with Crippen LogP contribution in [0.15, 0.2) is 66.7 Å². The first-order valence-corrected chi connectivity index (χ1v) is 8.10. The van der Waals surface area contributed by atoms with E-state index in [9.17, 15) is 0 Å². The third kappa shape index (κ3) is 3.04. The molecule has 2 N–H and O–H groups in total. The van der Waals surface area contributed by atoms with E-state index in [1.165, 1.54) is 0 Å². The van der Waals surface area contributed by atoms with E-state index in [-0.39, 0.29) is 0 Å². The highest BCUT2D eigenvalue weighted by Gasteiger charge is 2.09. The number of nitrogens with two attached hydrogens (primary N) is 1. The van der Waals surface area contributed by atoms with E-state index in [1.807, 2.05) is 73.7 Å². The fourth-order valence-corrected chi connectivity index (χ4v) is 2.78. The molecule has 0 saturated carbocycles. The number of hydrogen-bond acceptors (Lipinski definition) is 4. The molecule has 0 saturated heterocycles. The molecule has 25 heavy (non-hydrogen) atoms. The van der Waals surface area contributed by atoms with Crippen LogP contribution in [0.1, 0.15) is 11.3 Å². The maximum atomic E-state index is 6.02. The molecule has 0 aliphatic rings. The van der Waals surface area contributed by atoms with Gasteiger partial charge in [0.1, 0.15) is 23.7 Å². The van der Waals surface area contributed by atoms with Crippen molar-refractivity contribution in [2.45, 2.75) is 13.5 Å². The van der Waals surface area contributed by atoms with Crippen LogP contribution in [0.5, 0.6) is 5.75 Å². The number of ether oxygens (including phenoxy) is 1. The molecule has 0 aliphatic carbocycles. The van der Waals surface area contributed by atoms with Crippen molar-refractivity contribution in [3.8, 4) is 11.6 Å². The van der Waals surface area contributed by atoms with E-state index < -0.39 is 0 Å². The van der Waals surface area contributed by atoms with Gasteiger partial charge in [0, 0.05) is 11.5 Å². The van der Waals surface area contributed by atoms with Crippen molar-refractivity contribution >= 4 is 16.7 Å². The summed E-state index contributed by atoms with van der Waals surface area (Å²) in [5.74, 6) is 1.98. The molecular weight excluding hydrogens is 312 g/mol. The largest absolute Gasteiger partial charge is 0.487 e. The Morgan fingerprint density at radius 2 is 1.84 bits per heavy atom. The zero-order valence-corrected chi connectivity index (χ0v) is 13.9. The number of aryl methyl sites for hydroxylation is 1. The molecular formula is C20H18N4O. The van der Waals surface area contributed by atoms with Gasteiger partial charge < -0.3 is 10.5 Å². The number of hydrogen-bond donors (Lipinski definition) is 1. The van der Waals surface area contributed by atoms with Gasteiger partial charge in [-0.25, -0.2) is 4.98 Å². The number of rotatable bonds is 4. The molecule has 0 spiro atoms. The van der Waals surface area contributed by atoms with Gasteiger partial charge >= 0.3 is 0 Å². The van der Waals surface area contributed by atoms with Crippen LogP contribution < -0.4 is 10.5 Å². The Morgan fingerprint density at radius 3 is 2.60 bits per heavy atom. The van der Waals surface area contributed by atoms with E-state index >= 15 is 0 Å². The van der Waals surface area contributed by atoms with E-state index in [0.29, 0.717) is 18.2 Å². The second-order valence-corrected chi connectivity index (χ2v) is 5.89. The first kappa shape index (κ1) is 15.2. The molecule has 2 aromatic heterocycles. The molecule has 0 atom stereocenters. The summed E-state index contributed by atoms with van der Waals surface area (Å²) in [6, 6.07) is 21.7. The van der Waals surface area contributed by atoms with Crippen LogP contribution in [-0.2, 0) is 6.61 Å². The van der Waals surface area contributed by atoms with Crippen molar-refractivity contribution in [3.63, 3.8) is 0 Å². The van der Waals surface area contributed by atoms with Gasteiger partial charge in [-0.1, -0.05) is 42.5 Å². The highest BCUT2D eigenvalue weighted by molar-refractivity contribution is 5.85. The highest BCUT2D eigenvalue weighted by atomic mass is 16.5. The number of nitrogens with zero attached hydrogens (tertiary/aromatic N) is 3. The van der Waals surface area contributed by atoms with E-state index in [4.69, 9.17) is 15.5 Å². The predicted molar refractivity (Wildman–Crippen MR) is 98.8 cm³/mol. The molecule has 2 heterocycles. The fraction of sp³-hybridized carbons (Fsp3) is 0.100. The minimum absolute atomic E-state index is 0.495. The van der Waals surface area contributed by atoms with Gasteiger partial charge in [-0.05, 0) is 30.7 Å². The number of para-hydroxylation sites is 1. The summed E-state index contributed by atoms with van der Waals surface area (Å²) in [6.45, 7) is 2.40. The summed E-state index contributed by atoms with van der Waals surface area (Å²) in [5, 5.41) is 5.41. The summed E-state index contributed by atoms with van der Waals surface area (Å²) in [4.78, 5) is 4.73. The average Bonchev–Trinajstić information content (AvgIpc) is 2.98. The average molecular weight is 330 g/mol. The summed E-state index contributed by atoms with van der Waals surface area (Å²) < 4.78 is 7.65. The van der Waals surface area contributed by atoms with Crippen LogP contribution in [0, 0.1) is 6.92 Å². The molecule has 0 fully saturated rings. The van der Waals surface area contributed by atoms with Gasteiger partial charge in [-0.3, -0.25) is 0 Å². The van der Waals surface area contributed by atoms with Crippen LogP contribution in [0.2, 0.25) is 0 Å². The minimum atomic E-state index is 0.495. The Kier molecular flexibility index (Phi) is 3.82. The molecule has 2 aromatic carbocycles. The first-order valence-electron chi connectivity index (χ1n) is 8.10. The monoisotopic (exact) mass is 330 g/mol. The second kappa shape index (κ2) is 6.28. The molecule has 4 aromatic rings. The summed E-state index contributed by atoms with van der Waals surface area (Å²) in [5.41, 5.74) is 8.78. The van der Waals surface area contributed by atoms with E-state index in [0.717, 1.165) is 27.9 Å². The van der Waals surface area contributed by atoms with Gasteiger partial charge in [-0.2, -0.15) is 9.78 Å². The van der Waals surface area contributed by atoms with Crippen molar-refractivity contribution in [1.29, 1.82) is 0 Å². The SMILES string of the molecule is Cc1cc(N)n(-c2ccc3cccc(OCc4ccccc4)c3n2)n1. The van der Waals surface area contributed by atoms with Crippen molar-refractivity contribution in [1.82, 2.24) is 14.8 Å². The lowest BCUT2D eigenvalue weighted by Gasteiger charge is -2.10. The van der Waals surface area contributed by atoms with Crippen molar-refractivity contribution in [3.05, 3.63) is 78.0 Å². The molecule has 0 bridgehead atoms. The standard InChI is InChI=1S/C20H18N4O/c1-14-12-18(21)24(23-14)19-11-10-16-8-5-9-17(20(16)22-19)25-13-15-6-3-2-4-7-15/h2-12H,13,21H2,1H3. The van der Waals surface area contributed by atoms with E-state index in [1.54, 1.807) is 4.68 Å². The van der Waals surface area contributed by atoms with Crippen molar-refractivity contribution < 1.29 is 4.74 Å². The Morgan fingerprint density at radius 1 is 1.00 bits per heavy atom. The number of fused-ring (bicyclic) bond motifs is 1. The van der Waals surface area contributed by atoms with Crippen LogP contribution >= 0.6 is 0 Å². The third-order valence-corrected chi connectivity index (χ3v) is 3.98. The Balaban J connectivity index is 1.72. The van der Waals surface area contributed by atoms with Gasteiger partial charge in [0.2, 0.25) is 0 Å². The number of pyridine rings is 1. The smallest absolute Gasteiger partial charge is 0.156 e.